The van der Waals surface area contributed by atoms with E-state index in [4.69, 9.17) is 0 Å². The normalized spacial score (nSPS) is 33.5. The van der Waals surface area contributed by atoms with E-state index in [1.165, 1.54) is 37.6 Å². The van der Waals surface area contributed by atoms with Gasteiger partial charge in [0.05, 0.1) is 0 Å². The number of thioether (sulfide) groups is 1. The van der Waals surface area contributed by atoms with Gasteiger partial charge in [-0.15, -0.1) is 0 Å². The molecule has 2 fully saturated rings. The molecule has 0 radical (unpaired) electrons. The molecule has 2 unspecified atom stereocenters. The molecule has 2 heteroatoms. The molecule has 2 heterocycles. The van der Waals surface area contributed by atoms with E-state index < -0.39 is 0 Å². The van der Waals surface area contributed by atoms with Crippen molar-refractivity contribution >= 4 is 11.8 Å². The van der Waals surface area contributed by atoms with E-state index in [1.54, 1.807) is 0 Å². The Labute approximate surface area is 87.3 Å². The molecule has 13 heavy (non-hydrogen) atoms. The summed E-state index contributed by atoms with van der Waals surface area (Å²) in [4.78, 5) is 2.62. The number of hydrogen-bond donors (Lipinski definition) is 0. The van der Waals surface area contributed by atoms with Crippen LogP contribution in [0.4, 0.5) is 0 Å². The fourth-order valence-electron chi connectivity index (χ4n) is 2.33. The summed E-state index contributed by atoms with van der Waals surface area (Å²) in [6.07, 6.45) is 1.52. The highest BCUT2D eigenvalue weighted by atomic mass is 32.2. The van der Waals surface area contributed by atoms with Crippen molar-refractivity contribution in [2.24, 2.45) is 11.8 Å². The van der Waals surface area contributed by atoms with Crippen LogP contribution in [-0.4, -0.2) is 36.0 Å². The van der Waals surface area contributed by atoms with Crippen LogP contribution in [0, 0.1) is 11.8 Å². The molecule has 0 saturated carbocycles. The van der Waals surface area contributed by atoms with E-state index in [0.29, 0.717) is 0 Å². The molecular weight excluding hydrogens is 178 g/mol. The Bertz CT molecular complexity index is 126. The van der Waals surface area contributed by atoms with Crippen molar-refractivity contribution < 1.29 is 0 Å². The fraction of sp³-hybridized carbons (Fsp3) is 1.00. The third-order valence-corrected chi connectivity index (χ3v) is 4.27. The maximum atomic E-state index is 2.62. The Kier molecular flexibility index (Phi) is 5.18. The van der Waals surface area contributed by atoms with Crippen molar-refractivity contribution in [3.8, 4) is 0 Å². The van der Waals surface area contributed by atoms with Crippen LogP contribution in [0.2, 0.25) is 0 Å². The molecule has 0 aliphatic carbocycles. The maximum Gasteiger partial charge on any atom is 0.00177 e. The fourth-order valence-corrected chi connectivity index (χ4v) is 3.61. The summed E-state index contributed by atoms with van der Waals surface area (Å²) in [5.74, 6) is 4.89. The topological polar surface area (TPSA) is 3.24 Å². The van der Waals surface area contributed by atoms with Gasteiger partial charge < -0.3 is 4.90 Å². The van der Waals surface area contributed by atoms with E-state index in [0.717, 1.165) is 11.8 Å². The van der Waals surface area contributed by atoms with Gasteiger partial charge in [0, 0.05) is 13.1 Å². The molecule has 0 aromatic heterocycles. The van der Waals surface area contributed by atoms with Crippen LogP contribution in [0.15, 0.2) is 0 Å². The minimum atomic E-state index is 1.02. The monoisotopic (exact) mass is 201 g/mol. The van der Waals surface area contributed by atoms with Crippen molar-refractivity contribution in [3.05, 3.63) is 0 Å². The Morgan fingerprint density at radius 2 is 1.69 bits per heavy atom. The predicted octanol–water partition coefficient (Wildman–Crippen LogP) is 2.72. The second-order valence-corrected chi connectivity index (χ2v) is 4.93. The molecule has 2 aliphatic rings. The Hall–Kier alpha value is 0.310. The number of rotatable bonds is 1. The number of hydrogen-bond acceptors (Lipinski definition) is 2. The van der Waals surface area contributed by atoms with Gasteiger partial charge in [0.2, 0.25) is 0 Å². The van der Waals surface area contributed by atoms with Crippen molar-refractivity contribution in [2.75, 3.05) is 31.1 Å². The second kappa shape index (κ2) is 5.92. The van der Waals surface area contributed by atoms with Crippen LogP contribution < -0.4 is 0 Å². The third kappa shape index (κ3) is 3.17. The summed E-state index contributed by atoms with van der Waals surface area (Å²) in [5, 5.41) is 0. The van der Waals surface area contributed by atoms with E-state index in [-0.39, 0.29) is 0 Å². The Balaban J connectivity index is 0.000000396. The maximum absolute atomic E-state index is 2.62. The Morgan fingerprint density at radius 1 is 1.15 bits per heavy atom. The lowest BCUT2D eigenvalue weighted by molar-refractivity contribution is 0.147. The van der Waals surface area contributed by atoms with Crippen LogP contribution in [0.3, 0.4) is 0 Å². The SMILES string of the molecule is CC.CCN1CC2CSCC(C2)C1. The van der Waals surface area contributed by atoms with Gasteiger partial charge in [-0.2, -0.15) is 11.8 Å². The molecule has 0 amide bonds. The van der Waals surface area contributed by atoms with E-state index in [1.807, 2.05) is 13.8 Å². The number of piperidine rings is 1. The van der Waals surface area contributed by atoms with Crippen LogP contribution in [0.5, 0.6) is 0 Å². The smallest absolute Gasteiger partial charge is 0.00177 e. The van der Waals surface area contributed by atoms with E-state index in [9.17, 15) is 0 Å². The number of nitrogens with zero attached hydrogens (tertiary/aromatic N) is 1. The largest absolute Gasteiger partial charge is 0.303 e. The lowest BCUT2D eigenvalue weighted by Crippen LogP contribution is -2.44. The van der Waals surface area contributed by atoms with E-state index in [2.05, 4.69) is 23.6 Å². The molecule has 2 bridgehead atoms. The van der Waals surface area contributed by atoms with Gasteiger partial charge in [0.1, 0.15) is 0 Å². The minimum Gasteiger partial charge on any atom is -0.303 e. The third-order valence-electron chi connectivity index (χ3n) is 2.85. The van der Waals surface area contributed by atoms with Crippen molar-refractivity contribution in [3.63, 3.8) is 0 Å². The first kappa shape index (κ1) is 11.4. The quantitative estimate of drug-likeness (QED) is 0.642. The van der Waals surface area contributed by atoms with Gasteiger partial charge in [-0.3, -0.25) is 0 Å². The van der Waals surface area contributed by atoms with Crippen LogP contribution in [0.25, 0.3) is 0 Å². The molecule has 0 aromatic rings. The zero-order valence-electron chi connectivity index (χ0n) is 9.25. The molecule has 0 N–H and O–H groups in total. The first-order valence-electron chi connectivity index (χ1n) is 5.68. The van der Waals surface area contributed by atoms with Crippen LogP contribution >= 0.6 is 11.8 Å². The predicted molar refractivity (Wildman–Crippen MR) is 62.4 cm³/mol. The summed E-state index contributed by atoms with van der Waals surface area (Å²) in [6.45, 7) is 10.3. The highest BCUT2D eigenvalue weighted by molar-refractivity contribution is 7.99. The molecule has 0 aromatic carbocycles. The van der Waals surface area contributed by atoms with Gasteiger partial charge in [0.15, 0.2) is 0 Å². The van der Waals surface area contributed by atoms with E-state index >= 15 is 0 Å². The molecule has 2 atom stereocenters. The van der Waals surface area contributed by atoms with Crippen LogP contribution in [-0.2, 0) is 0 Å². The van der Waals surface area contributed by atoms with Gasteiger partial charge in [0.25, 0.3) is 0 Å². The van der Waals surface area contributed by atoms with Crippen molar-refractivity contribution in [1.82, 2.24) is 4.90 Å². The molecule has 1 nitrogen and oxygen atoms in total. The first-order valence-corrected chi connectivity index (χ1v) is 6.84. The molecule has 2 saturated heterocycles. The molecule has 2 rings (SSSR count). The van der Waals surface area contributed by atoms with Crippen molar-refractivity contribution in [1.29, 1.82) is 0 Å². The zero-order chi connectivity index (χ0) is 9.68. The van der Waals surface area contributed by atoms with Gasteiger partial charge >= 0.3 is 0 Å². The minimum absolute atomic E-state index is 1.02. The summed E-state index contributed by atoms with van der Waals surface area (Å²) >= 11 is 2.17. The molecular formula is C11H23NS. The van der Waals surface area contributed by atoms with Gasteiger partial charge in [-0.25, -0.2) is 0 Å². The average Bonchev–Trinajstić information content (AvgIpc) is 2.20. The number of likely N-dealkylation sites (tertiary alicyclic amines) is 1. The van der Waals surface area contributed by atoms with Gasteiger partial charge in [-0.05, 0) is 36.3 Å². The summed E-state index contributed by atoms with van der Waals surface area (Å²) in [7, 11) is 0. The second-order valence-electron chi connectivity index (χ2n) is 3.86. The Morgan fingerprint density at radius 3 is 2.15 bits per heavy atom. The zero-order valence-corrected chi connectivity index (χ0v) is 10.1. The average molecular weight is 201 g/mol. The summed E-state index contributed by atoms with van der Waals surface area (Å²) in [5.41, 5.74) is 0. The molecule has 0 spiro atoms. The van der Waals surface area contributed by atoms with Crippen molar-refractivity contribution in [2.45, 2.75) is 27.2 Å². The molecule has 2 aliphatic heterocycles. The lowest BCUT2D eigenvalue weighted by atomic mass is 9.91. The van der Waals surface area contributed by atoms with Gasteiger partial charge in [-0.1, -0.05) is 20.8 Å². The highest BCUT2D eigenvalue weighted by Crippen LogP contribution is 2.32. The van der Waals surface area contributed by atoms with Crippen LogP contribution in [0.1, 0.15) is 27.2 Å². The number of fused-ring (bicyclic) bond motifs is 2. The summed E-state index contributed by atoms with van der Waals surface area (Å²) < 4.78 is 0. The summed E-state index contributed by atoms with van der Waals surface area (Å²) in [6, 6.07) is 0. The first-order chi connectivity index (χ1) is 6.38. The molecule has 78 valence electrons. The lowest BCUT2D eigenvalue weighted by Gasteiger charge is -2.40. The standard InChI is InChI=1S/C9H17NS.C2H6/c1-2-10-4-8-3-9(5-10)7-11-6-8;1-2/h8-9H,2-7H2,1H3;1-2H3. The highest BCUT2D eigenvalue weighted by Gasteiger charge is 2.29.